The van der Waals surface area contributed by atoms with Crippen LogP contribution in [0, 0.1) is 18.3 Å². The van der Waals surface area contributed by atoms with E-state index < -0.39 is 38.2 Å². The van der Waals surface area contributed by atoms with Crippen LogP contribution in [0.25, 0.3) is 0 Å². The monoisotopic (exact) mass is 386 g/mol. The molecule has 0 bridgehead atoms. The third-order valence-electron chi connectivity index (χ3n) is 3.74. The van der Waals surface area contributed by atoms with Crippen LogP contribution >= 0.6 is 0 Å². The van der Waals surface area contributed by atoms with Crippen LogP contribution < -0.4 is 0 Å². The van der Waals surface area contributed by atoms with Crippen LogP contribution in [0.1, 0.15) is 33.2 Å². The number of sulfone groups is 1. The number of nitriles is 1. The summed E-state index contributed by atoms with van der Waals surface area (Å²) in [5.74, 6) is -2.30. The van der Waals surface area contributed by atoms with Crippen molar-refractivity contribution in [2.45, 2.75) is 23.9 Å². The van der Waals surface area contributed by atoms with Crippen LogP contribution in [0.2, 0.25) is 0 Å². The largest absolute Gasteiger partial charge is 0.417 e. The summed E-state index contributed by atoms with van der Waals surface area (Å²) in [6.07, 6.45) is -3.17. The molecule has 2 rings (SSSR count). The van der Waals surface area contributed by atoms with Crippen LogP contribution in [-0.2, 0) is 23.1 Å². The molecule has 0 fully saturated rings. The van der Waals surface area contributed by atoms with Crippen molar-refractivity contribution in [3.05, 3.63) is 41.0 Å². The first-order chi connectivity index (χ1) is 11.9. The van der Waals surface area contributed by atoms with Gasteiger partial charge in [0, 0.05) is 18.9 Å². The first-order valence-corrected chi connectivity index (χ1v) is 8.97. The number of benzene rings is 1. The topological polar surface area (TPSA) is 106 Å². The van der Waals surface area contributed by atoms with Crippen molar-refractivity contribution >= 4 is 15.6 Å². The summed E-state index contributed by atoms with van der Waals surface area (Å²) >= 11 is 0. The zero-order valence-corrected chi connectivity index (χ0v) is 14.7. The zero-order valence-electron chi connectivity index (χ0n) is 13.9. The van der Waals surface area contributed by atoms with Gasteiger partial charge in [-0.25, -0.2) is 13.4 Å². The van der Waals surface area contributed by atoms with Crippen molar-refractivity contribution in [1.82, 2.24) is 14.8 Å². The molecule has 0 N–H and O–H groups in total. The number of Topliss-reactive ketones (excluding diaryl/α,β-unsaturated/α-hetero) is 1. The van der Waals surface area contributed by atoms with E-state index in [9.17, 15) is 31.6 Å². The van der Waals surface area contributed by atoms with Crippen LogP contribution in [0.5, 0.6) is 0 Å². The molecule has 1 aromatic carbocycles. The SMILES string of the molecule is Cc1c(C(=O)C(C#N)c2ncnn2C)ccc(C(F)(F)F)c1S(C)(=O)=O. The molecule has 0 spiro atoms. The fourth-order valence-corrected chi connectivity index (χ4v) is 3.86. The Bertz CT molecular complexity index is 1020. The maximum absolute atomic E-state index is 13.2. The van der Waals surface area contributed by atoms with Gasteiger partial charge in [-0.1, -0.05) is 6.07 Å². The Balaban J connectivity index is 2.70. The molecule has 0 saturated carbocycles. The van der Waals surface area contributed by atoms with Gasteiger partial charge in [0.25, 0.3) is 0 Å². The van der Waals surface area contributed by atoms with E-state index in [4.69, 9.17) is 0 Å². The van der Waals surface area contributed by atoms with Gasteiger partial charge in [-0.3, -0.25) is 9.48 Å². The number of alkyl halides is 3. The minimum Gasteiger partial charge on any atom is -0.292 e. The van der Waals surface area contributed by atoms with Gasteiger partial charge < -0.3 is 0 Å². The van der Waals surface area contributed by atoms with E-state index in [0.717, 1.165) is 19.3 Å². The van der Waals surface area contributed by atoms with Crippen molar-refractivity contribution in [2.75, 3.05) is 6.26 Å². The lowest BCUT2D eigenvalue weighted by atomic mass is 9.93. The second-order valence-corrected chi connectivity index (χ2v) is 7.51. The Morgan fingerprint density at radius 3 is 2.38 bits per heavy atom. The van der Waals surface area contributed by atoms with Crippen molar-refractivity contribution < 1.29 is 26.4 Å². The Labute approximate surface area is 147 Å². The van der Waals surface area contributed by atoms with Gasteiger partial charge in [-0.2, -0.15) is 23.5 Å². The first kappa shape index (κ1) is 19.6. The molecule has 26 heavy (non-hydrogen) atoms. The van der Waals surface area contributed by atoms with Crippen LogP contribution in [0.3, 0.4) is 0 Å². The highest BCUT2D eigenvalue weighted by Gasteiger charge is 2.39. The van der Waals surface area contributed by atoms with Crippen LogP contribution in [0.4, 0.5) is 13.2 Å². The molecule has 0 aliphatic rings. The molecule has 1 heterocycles. The number of hydrogen-bond donors (Lipinski definition) is 0. The lowest BCUT2D eigenvalue weighted by Crippen LogP contribution is -2.20. The normalized spacial score (nSPS) is 13.3. The van der Waals surface area contributed by atoms with Crippen LogP contribution in [0.15, 0.2) is 23.4 Å². The number of ketones is 1. The number of nitrogens with zero attached hydrogens (tertiary/aromatic N) is 4. The maximum atomic E-state index is 13.2. The number of rotatable bonds is 4. The number of halogens is 3. The maximum Gasteiger partial charge on any atom is 0.417 e. The molecule has 0 aliphatic heterocycles. The summed E-state index contributed by atoms with van der Waals surface area (Å²) < 4.78 is 64.5. The van der Waals surface area contributed by atoms with E-state index in [1.807, 2.05) is 0 Å². The smallest absolute Gasteiger partial charge is 0.292 e. The fourth-order valence-electron chi connectivity index (χ4n) is 2.62. The highest BCUT2D eigenvalue weighted by Crippen LogP contribution is 2.37. The summed E-state index contributed by atoms with van der Waals surface area (Å²) in [5.41, 5.74) is -2.02. The average Bonchev–Trinajstić information content (AvgIpc) is 2.91. The molecule has 138 valence electrons. The number of carbonyl (C=O) groups is 1. The Kier molecular flexibility index (Phi) is 4.92. The average molecular weight is 386 g/mol. The third kappa shape index (κ3) is 3.45. The molecule has 11 heteroatoms. The second-order valence-electron chi connectivity index (χ2n) is 5.55. The lowest BCUT2D eigenvalue weighted by molar-refractivity contribution is -0.139. The minimum atomic E-state index is -4.91. The molecular formula is C15H13F3N4O3S. The van der Waals surface area contributed by atoms with E-state index in [-0.39, 0.29) is 17.0 Å². The van der Waals surface area contributed by atoms with Gasteiger partial charge in [0.2, 0.25) is 0 Å². The number of aryl methyl sites for hydroxylation is 1. The summed E-state index contributed by atoms with van der Waals surface area (Å²) in [6.45, 7) is 1.10. The van der Waals surface area contributed by atoms with Crippen molar-refractivity contribution in [2.24, 2.45) is 7.05 Å². The van der Waals surface area contributed by atoms with Gasteiger partial charge >= 0.3 is 6.18 Å². The molecule has 0 amide bonds. The predicted octanol–water partition coefficient (Wildman–Crippen LogP) is 2.04. The van der Waals surface area contributed by atoms with E-state index >= 15 is 0 Å². The summed E-state index contributed by atoms with van der Waals surface area (Å²) in [7, 11) is -2.84. The standard InChI is InChI=1S/C15H13F3N4O3S/c1-8-9(12(23)10(6-19)14-20-7-21-22(14)2)4-5-11(15(16,17)18)13(8)26(3,24)25/h4-5,7,10H,1-3H3. The Morgan fingerprint density at radius 1 is 1.35 bits per heavy atom. The van der Waals surface area contributed by atoms with E-state index in [1.165, 1.54) is 11.7 Å². The molecule has 1 aromatic heterocycles. The number of carbonyl (C=O) groups excluding carboxylic acids is 1. The van der Waals surface area contributed by atoms with Gasteiger partial charge in [-0.15, -0.1) is 0 Å². The third-order valence-corrected chi connectivity index (χ3v) is 5.01. The number of hydrogen-bond acceptors (Lipinski definition) is 6. The van der Waals surface area contributed by atoms with Crippen molar-refractivity contribution in [1.29, 1.82) is 5.26 Å². The summed E-state index contributed by atoms with van der Waals surface area (Å²) in [5, 5.41) is 13.1. The molecule has 0 saturated heterocycles. The molecule has 0 aliphatic carbocycles. The molecular weight excluding hydrogens is 373 g/mol. The molecule has 0 radical (unpaired) electrons. The van der Waals surface area contributed by atoms with Crippen molar-refractivity contribution in [3.8, 4) is 6.07 Å². The molecule has 2 aromatic rings. The van der Waals surface area contributed by atoms with E-state index in [0.29, 0.717) is 12.3 Å². The van der Waals surface area contributed by atoms with Gasteiger partial charge in [0.15, 0.2) is 27.4 Å². The van der Waals surface area contributed by atoms with Crippen molar-refractivity contribution in [3.63, 3.8) is 0 Å². The van der Waals surface area contributed by atoms with E-state index in [2.05, 4.69) is 10.1 Å². The molecule has 7 nitrogen and oxygen atoms in total. The highest BCUT2D eigenvalue weighted by molar-refractivity contribution is 7.90. The molecule has 1 atom stereocenters. The minimum absolute atomic E-state index is 0.00213. The first-order valence-electron chi connectivity index (χ1n) is 7.08. The Hall–Kier alpha value is -2.74. The molecule has 1 unspecified atom stereocenters. The second kappa shape index (κ2) is 6.53. The fraction of sp³-hybridized carbons (Fsp3) is 0.333. The summed E-state index contributed by atoms with van der Waals surface area (Å²) in [4.78, 5) is 15.5. The van der Waals surface area contributed by atoms with Gasteiger partial charge in [0.1, 0.15) is 6.33 Å². The van der Waals surface area contributed by atoms with E-state index in [1.54, 1.807) is 6.07 Å². The predicted molar refractivity (Wildman–Crippen MR) is 83.0 cm³/mol. The summed E-state index contributed by atoms with van der Waals surface area (Å²) in [6, 6.07) is 3.13. The lowest BCUT2D eigenvalue weighted by Gasteiger charge is -2.17. The highest BCUT2D eigenvalue weighted by atomic mass is 32.2. The zero-order chi connectivity index (χ0) is 19.9. The Morgan fingerprint density at radius 2 is 1.96 bits per heavy atom. The van der Waals surface area contributed by atoms with Crippen LogP contribution in [-0.4, -0.2) is 35.2 Å². The quantitative estimate of drug-likeness (QED) is 0.745. The van der Waals surface area contributed by atoms with Gasteiger partial charge in [-0.05, 0) is 18.6 Å². The number of aromatic nitrogens is 3. The van der Waals surface area contributed by atoms with Gasteiger partial charge in [0.05, 0.1) is 16.5 Å².